The molecule has 1 aliphatic heterocycles. The van der Waals surface area contributed by atoms with E-state index in [0.29, 0.717) is 18.0 Å². The zero-order valence-electron chi connectivity index (χ0n) is 10.6. The summed E-state index contributed by atoms with van der Waals surface area (Å²) in [5.41, 5.74) is 0.265. The zero-order valence-corrected chi connectivity index (χ0v) is 10.6. The van der Waals surface area contributed by atoms with Crippen molar-refractivity contribution in [2.24, 2.45) is 5.41 Å². The van der Waals surface area contributed by atoms with Gasteiger partial charge in [-0.15, -0.1) is 0 Å². The molecule has 1 aromatic heterocycles. The Balaban J connectivity index is 2.38. The van der Waals surface area contributed by atoms with E-state index in [1.807, 2.05) is 13.8 Å². The maximum Gasteiger partial charge on any atom is 0.191 e. The number of ether oxygens (including phenoxy) is 1. The van der Waals surface area contributed by atoms with E-state index in [-0.39, 0.29) is 11.2 Å². The quantitative estimate of drug-likeness (QED) is 0.797. The fourth-order valence-corrected chi connectivity index (χ4v) is 2.28. The Kier molecular flexibility index (Phi) is 3.19. The molecule has 1 unspecified atom stereocenters. The topological polar surface area (TPSA) is 56.2 Å². The summed E-state index contributed by atoms with van der Waals surface area (Å²) in [7, 11) is 1.57. The van der Waals surface area contributed by atoms with E-state index in [2.05, 4.69) is 10.4 Å². The van der Waals surface area contributed by atoms with Crippen LogP contribution in [0.4, 0.5) is 0 Å². The second-order valence-electron chi connectivity index (χ2n) is 4.69. The Hall–Kier alpha value is -1.36. The van der Waals surface area contributed by atoms with Gasteiger partial charge in [0.05, 0.1) is 13.3 Å². The normalized spacial score (nSPS) is 23.9. The molecular weight excluding hydrogens is 218 g/mol. The van der Waals surface area contributed by atoms with E-state index < -0.39 is 0 Å². The lowest BCUT2D eigenvalue weighted by molar-refractivity contribution is 0.0824. The Labute approximate surface area is 101 Å². The molecule has 1 saturated heterocycles. The van der Waals surface area contributed by atoms with E-state index in [0.717, 1.165) is 19.5 Å². The van der Waals surface area contributed by atoms with Gasteiger partial charge in [0.15, 0.2) is 11.5 Å². The number of ketones is 1. The highest BCUT2D eigenvalue weighted by molar-refractivity contribution is 6.01. The molecule has 0 bridgehead atoms. The van der Waals surface area contributed by atoms with Crippen LogP contribution in [0, 0.1) is 5.41 Å². The van der Waals surface area contributed by atoms with Gasteiger partial charge in [-0.3, -0.25) is 9.48 Å². The molecular formula is C12H19N3O2. The molecule has 0 aromatic carbocycles. The van der Waals surface area contributed by atoms with Crippen LogP contribution in [0.3, 0.4) is 0 Å². The minimum absolute atomic E-state index is 0.124. The third-order valence-electron chi connectivity index (χ3n) is 3.46. The molecule has 1 N–H and O–H groups in total. The van der Waals surface area contributed by atoms with Crippen LogP contribution < -0.4 is 10.1 Å². The van der Waals surface area contributed by atoms with Crippen LogP contribution in [0.5, 0.6) is 5.75 Å². The predicted octanol–water partition coefficient (Wildman–Crippen LogP) is 1.09. The number of Topliss-reactive ketones (excluding diaryl/α,β-unsaturated/α-hetero) is 1. The summed E-state index contributed by atoms with van der Waals surface area (Å²) in [5, 5.41) is 7.42. The van der Waals surface area contributed by atoms with Gasteiger partial charge in [0.1, 0.15) is 5.69 Å². The second-order valence-corrected chi connectivity index (χ2v) is 4.69. The fourth-order valence-electron chi connectivity index (χ4n) is 2.28. The number of hydrogen-bond acceptors (Lipinski definition) is 4. The number of rotatable bonds is 4. The van der Waals surface area contributed by atoms with Crippen molar-refractivity contribution in [1.29, 1.82) is 0 Å². The lowest BCUT2D eigenvalue weighted by Gasteiger charge is -2.21. The first-order valence-electron chi connectivity index (χ1n) is 5.97. The van der Waals surface area contributed by atoms with Crippen LogP contribution in [0.15, 0.2) is 6.20 Å². The van der Waals surface area contributed by atoms with Crippen molar-refractivity contribution in [3.05, 3.63) is 11.9 Å². The Morgan fingerprint density at radius 2 is 2.47 bits per heavy atom. The van der Waals surface area contributed by atoms with Crippen LogP contribution in [0.2, 0.25) is 0 Å². The van der Waals surface area contributed by atoms with Crippen LogP contribution in [0.1, 0.15) is 30.8 Å². The number of carbonyl (C=O) groups is 1. The van der Waals surface area contributed by atoms with Gasteiger partial charge >= 0.3 is 0 Å². The monoisotopic (exact) mass is 237 g/mol. The Morgan fingerprint density at radius 3 is 3.00 bits per heavy atom. The third-order valence-corrected chi connectivity index (χ3v) is 3.46. The van der Waals surface area contributed by atoms with Gasteiger partial charge in [0.25, 0.3) is 0 Å². The number of methoxy groups -OCH3 is 1. The number of hydrogen-bond donors (Lipinski definition) is 1. The number of aryl methyl sites for hydroxylation is 1. The molecule has 5 heteroatoms. The number of nitrogens with zero attached hydrogens (tertiary/aromatic N) is 2. The number of aromatic nitrogens is 2. The first-order valence-corrected chi connectivity index (χ1v) is 5.97. The second kappa shape index (κ2) is 4.49. The van der Waals surface area contributed by atoms with Gasteiger partial charge in [-0.25, -0.2) is 0 Å². The predicted molar refractivity (Wildman–Crippen MR) is 64.4 cm³/mol. The van der Waals surface area contributed by atoms with E-state index >= 15 is 0 Å². The average molecular weight is 237 g/mol. The minimum Gasteiger partial charge on any atom is -0.493 e. The first kappa shape index (κ1) is 12.1. The Bertz CT molecular complexity index is 398. The fraction of sp³-hybridized carbons (Fsp3) is 0.667. The molecule has 1 atom stereocenters. The standard InChI is InChI=1S/C12H19N3O2/c1-4-15-10(9(17-3)7-14-15)11(16)12(2)5-6-13-8-12/h7,13H,4-6,8H2,1-3H3. The molecule has 0 amide bonds. The van der Waals surface area contributed by atoms with Crippen molar-refractivity contribution in [1.82, 2.24) is 15.1 Å². The van der Waals surface area contributed by atoms with Crippen molar-refractivity contribution in [2.45, 2.75) is 26.8 Å². The highest BCUT2D eigenvalue weighted by Gasteiger charge is 2.39. The molecule has 0 saturated carbocycles. The van der Waals surface area contributed by atoms with Gasteiger partial charge in [-0.05, 0) is 19.9 Å². The molecule has 1 fully saturated rings. The molecule has 0 aliphatic carbocycles. The van der Waals surface area contributed by atoms with Gasteiger partial charge in [0.2, 0.25) is 0 Å². The van der Waals surface area contributed by atoms with Crippen LogP contribution in [-0.2, 0) is 6.54 Å². The van der Waals surface area contributed by atoms with Crippen LogP contribution in [0.25, 0.3) is 0 Å². The van der Waals surface area contributed by atoms with E-state index in [9.17, 15) is 4.79 Å². The van der Waals surface area contributed by atoms with Gasteiger partial charge in [0, 0.05) is 18.5 Å². The first-order chi connectivity index (χ1) is 8.12. The summed E-state index contributed by atoms with van der Waals surface area (Å²) in [6.07, 6.45) is 2.48. The number of carbonyl (C=O) groups excluding carboxylic acids is 1. The van der Waals surface area contributed by atoms with Crippen LogP contribution in [-0.4, -0.2) is 35.8 Å². The highest BCUT2D eigenvalue weighted by atomic mass is 16.5. The maximum absolute atomic E-state index is 12.6. The van der Waals surface area contributed by atoms with Crippen molar-refractivity contribution in [3.63, 3.8) is 0 Å². The van der Waals surface area contributed by atoms with Gasteiger partial charge in [-0.2, -0.15) is 5.10 Å². The zero-order chi connectivity index (χ0) is 12.5. The molecule has 2 rings (SSSR count). The minimum atomic E-state index is -0.333. The van der Waals surface area contributed by atoms with Crippen molar-refractivity contribution < 1.29 is 9.53 Å². The van der Waals surface area contributed by atoms with E-state index in [1.165, 1.54) is 0 Å². The lowest BCUT2D eigenvalue weighted by Crippen LogP contribution is -2.32. The van der Waals surface area contributed by atoms with Crippen molar-refractivity contribution in [3.8, 4) is 5.75 Å². The summed E-state index contributed by atoms with van der Waals surface area (Å²) in [5.74, 6) is 0.698. The maximum atomic E-state index is 12.6. The largest absolute Gasteiger partial charge is 0.493 e. The summed E-state index contributed by atoms with van der Waals surface area (Å²) in [6, 6.07) is 0. The molecule has 94 valence electrons. The van der Waals surface area contributed by atoms with Crippen molar-refractivity contribution in [2.75, 3.05) is 20.2 Å². The summed E-state index contributed by atoms with van der Waals surface area (Å²) >= 11 is 0. The molecule has 1 aromatic rings. The molecule has 1 aliphatic rings. The summed E-state index contributed by atoms with van der Waals surface area (Å²) < 4.78 is 6.94. The summed E-state index contributed by atoms with van der Waals surface area (Å²) in [6.45, 7) is 6.27. The number of nitrogens with one attached hydrogen (secondary N) is 1. The van der Waals surface area contributed by atoms with Crippen molar-refractivity contribution >= 4 is 5.78 Å². The molecule has 17 heavy (non-hydrogen) atoms. The van der Waals surface area contributed by atoms with Gasteiger partial charge in [-0.1, -0.05) is 6.92 Å². The summed E-state index contributed by atoms with van der Waals surface area (Å²) in [4.78, 5) is 12.6. The molecule has 0 radical (unpaired) electrons. The molecule has 5 nitrogen and oxygen atoms in total. The van der Waals surface area contributed by atoms with E-state index in [4.69, 9.17) is 4.74 Å². The third kappa shape index (κ3) is 1.95. The molecule has 0 spiro atoms. The highest BCUT2D eigenvalue weighted by Crippen LogP contribution is 2.32. The smallest absolute Gasteiger partial charge is 0.191 e. The van der Waals surface area contributed by atoms with Gasteiger partial charge < -0.3 is 10.1 Å². The van der Waals surface area contributed by atoms with Crippen LogP contribution >= 0.6 is 0 Å². The average Bonchev–Trinajstić information content (AvgIpc) is 2.94. The lowest BCUT2D eigenvalue weighted by atomic mass is 9.83. The SMILES string of the molecule is CCn1ncc(OC)c1C(=O)C1(C)CCNC1. The molecule has 2 heterocycles. The van der Waals surface area contributed by atoms with E-state index in [1.54, 1.807) is 18.0 Å². The Morgan fingerprint density at radius 1 is 1.71 bits per heavy atom.